The summed E-state index contributed by atoms with van der Waals surface area (Å²) in [7, 11) is 0. The van der Waals surface area contributed by atoms with E-state index in [0.717, 1.165) is 24.2 Å². The number of benzene rings is 2. The highest BCUT2D eigenvalue weighted by Gasteiger charge is 2.18. The summed E-state index contributed by atoms with van der Waals surface area (Å²) < 4.78 is 0. The first-order valence-electron chi connectivity index (χ1n) is 9.44. The maximum atomic E-state index is 12.5. The number of carbonyl (C=O) groups excluding carboxylic acids is 1. The van der Waals surface area contributed by atoms with Crippen molar-refractivity contribution in [1.29, 1.82) is 0 Å². The van der Waals surface area contributed by atoms with Crippen molar-refractivity contribution in [1.82, 2.24) is 5.32 Å². The van der Waals surface area contributed by atoms with Gasteiger partial charge < -0.3 is 10.2 Å². The molecule has 1 aliphatic rings. The molecule has 0 radical (unpaired) electrons. The first-order chi connectivity index (χ1) is 12.7. The molecule has 0 aromatic heterocycles. The molecule has 0 aliphatic carbocycles. The smallest absolute Gasteiger partial charge is 0.224 e. The molecule has 0 spiro atoms. The SMILES string of the molecule is CC(NC(=O)Cc1ccc(CCl)cc1)c1ccccc1N1CCCCC1. The minimum atomic E-state index is -0.0114. The molecular weight excluding hydrogens is 344 g/mol. The lowest BCUT2D eigenvalue weighted by Crippen LogP contribution is -2.33. The van der Waals surface area contributed by atoms with E-state index in [1.54, 1.807) is 0 Å². The fourth-order valence-electron chi connectivity index (χ4n) is 3.58. The molecule has 1 aliphatic heterocycles. The number of carbonyl (C=O) groups is 1. The zero-order valence-corrected chi connectivity index (χ0v) is 16.1. The van der Waals surface area contributed by atoms with Gasteiger partial charge in [-0.05, 0) is 48.9 Å². The lowest BCUT2D eigenvalue weighted by Gasteiger charge is -2.32. The van der Waals surface area contributed by atoms with Crippen LogP contribution in [0.3, 0.4) is 0 Å². The van der Waals surface area contributed by atoms with Gasteiger partial charge in [-0.1, -0.05) is 42.5 Å². The van der Waals surface area contributed by atoms with Gasteiger partial charge in [0.1, 0.15) is 0 Å². The number of nitrogens with zero attached hydrogens (tertiary/aromatic N) is 1. The number of hydrogen-bond donors (Lipinski definition) is 1. The summed E-state index contributed by atoms with van der Waals surface area (Å²) in [6, 6.07) is 16.3. The first-order valence-corrected chi connectivity index (χ1v) is 9.98. The minimum Gasteiger partial charge on any atom is -0.371 e. The summed E-state index contributed by atoms with van der Waals surface area (Å²) in [4.78, 5) is 14.9. The molecule has 1 heterocycles. The molecular formula is C22H27ClN2O. The predicted molar refractivity (Wildman–Crippen MR) is 109 cm³/mol. The summed E-state index contributed by atoms with van der Waals surface area (Å²) in [5.41, 5.74) is 4.53. The third kappa shape index (κ3) is 4.79. The van der Waals surface area contributed by atoms with Crippen LogP contribution in [0.4, 0.5) is 5.69 Å². The summed E-state index contributed by atoms with van der Waals surface area (Å²) in [6.45, 7) is 4.27. The monoisotopic (exact) mass is 370 g/mol. The lowest BCUT2D eigenvalue weighted by atomic mass is 10.0. The average molecular weight is 371 g/mol. The lowest BCUT2D eigenvalue weighted by molar-refractivity contribution is -0.121. The third-order valence-corrected chi connectivity index (χ3v) is 5.33. The number of amides is 1. The number of para-hydroxylation sites is 1. The number of alkyl halides is 1. The van der Waals surface area contributed by atoms with Gasteiger partial charge in [-0.3, -0.25) is 4.79 Å². The van der Waals surface area contributed by atoms with Crippen LogP contribution in [-0.2, 0) is 17.1 Å². The normalized spacial score (nSPS) is 15.5. The van der Waals surface area contributed by atoms with E-state index in [-0.39, 0.29) is 11.9 Å². The molecule has 3 rings (SSSR count). The molecule has 138 valence electrons. The largest absolute Gasteiger partial charge is 0.371 e. The summed E-state index contributed by atoms with van der Waals surface area (Å²) in [5.74, 6) is 0.543. The summed E-state index contributed by atoms with van der Waals surface area (Å²) in [6.07, 6.45) is 4.19. The fourth-order valence-corrected chi connectivity index (χ4v) is 3.76. The van der Waals surface area contributed by atoms with E-state index in [1.165, 1.54) is 30.5 Å². The number of rotatable bonds is 6. The van der Waals surface area contributed by atoms with Gasteiger partial charge in [0, 0.05) is 24.7 Å². The van der Waals surface area contributed by atoms with E-state index in [4.69, 9.17) is 11.6 Å². The standard InChI is InChI=1S/C22H27ClN2O/c1-17(24-22(26)15-18-9-11-19(16-23)12-10-18)20-7-3-4-8-21(20)25-13-5-2-6-14-25/h3-4,7-12,17H,2,5-6,13-16H2,1H3,(H,24,26). The number of halogens is 1. The Kier molecular flexibility index (Phi) is 6.56. The molecule has 3 nitrogen and oxygen atoms in total. The van der Waals surface area contributed by atoms with Gasteiger partial charge in [-0.2, -0.15) is 0 Å². The highest BCUT2D eigenvalue weighted by atomic mass is 35.5. The van der Waals surface area contributed by atoms with Crippen LogP contribution in [0.2, 0.25) is 0 Å². The number of nitrogens with one attached hydrogen (secondary N) is 1. The topological polar surface area (TPSA) is 32.3 Å². The highest BCUT2D eigenvalue weighted by molar-refractivity contribution is 6.17. The second-order valence-electron chi connectivity index (χ2n) is 7.02. The fraction of sp³-hybridized carbons (Fsp3) is 0.409. The van der Waals surface area contributed by atoms with Crippen molar-refractivity contribution in [2.24, 2.45) is 0 Å². The first kappa shape index (κ1) is 18.8. The van der Waals surface area contributed by atoms with Crippen LogP contribution in [-0.4, -0.2) is 19.0 Å². The van der Waals surface area contributed by atoms with Crippen LogP contribution < -0.4 is 10.2 Å². The van der Waals surface area contributed by atoms with Crippen LogP contribution in [0.15, 0.2) is 48.5 Å². The van der Waals surface area contributed by atoms with E-state index >= 15 is 0 Å². The van der Waals surface area contributed by atoms with Crippen molar-refractivity contribution in [3.05, 3.63) is 65.2 Å². The van der Waals surface area contributed by atoms with Crippen LogP contribution in [0.25, 0.3) is 0 Å². The van der Waals surface area contributed by atoms with E-state index in [9.17, 15) is 4.79 Å². The van der Waals surface area contributed by atoms with Crippen LogP contribution in [0, 0.1) is 0 Å². The quantitative estimate of drug-likeness (QED) is 0.738. The van der Waals surface area contributed by atoms with Crippen LogP contribution >= 0.6 is 11.6 Å². The Morgan fingerprint density at radius 3 is 2.38 bits per heavy atom. The number of anilines is 1. The zero-order valence-electron chi connectivity index (χ0n) is 15.4. The Labute approximate surface area is 161 Å². The van der Waals surface area contributed by atoms with E-state index in [2.05, 4.69) is 41.4 Å². The van der Waals surface area contributed by atoms with E-state index in [1.807, 2.05) is 24.3 Å². The van der Waals surface area contributed by atoms with Gasteiger partial charge in [0.05, 0.1) is 12.5 Å². The van der Waals surface area contributed by atoms with Gasteiger partial charge in [-0.25, -0.2) is 0 Å². The van der Waals surface area contributed by atoms with E-state index < -0.39 is 0 Å². The zero-order chi connectivity index (χ0) is 18.4. The molecule has 2 aromatic carbocycles. The van der Waals surface area contributed by atoms with Crippen molar-refractivity contribution >= 4 is 23.2 Å². The van der Waals surface area contributed by atoms with Gasteiger partial charge in [0.25, 0.3) is 0 Å². The Balaban J connectivity index is 1.65. The maximum absolute atomic E-state index is 12.5. The maximum Gasteiger partial charge on any atom is 0.224 e. The van der Waals surface area contributed by atoms with E-state index in [0.29, 0.717) is 12.3 Å². The van der Waals surface area contributed by atoms with Crippen LogP contribution in [0.5, 0.6) is 0 Å². The van der Waals surface area contributed by atoms with Crippen molar-refractivity contribution in [2.45, 2.75) is 44.5 Å². The molecule has 1 fully saturated rings. The second-order valence-corrected chi connectivity index (χ2v) is 7.29. The number of piperidine rings is 1. The Morgan fingerprint density at radius 2 is 1.69 bits per heavy atom. The molecule has 2 aromatic rings. The van der Waals surface area contributed by atoms with Gasteiger partial charge >= 0.3 is 0 Å². The summed E-state index contributed by atoms with van der Waals surface area (Å²) >= 11 is 5.82. The average Bonchev–Trinajstić information content (AvgIpc) is 2.69. The molecule has 1 N–H and O–H groups in total. The molecule has 26 heavy (non-hydrogen) atoms. The highest BCUT2D eigenvalue weighted by Crippen LogP contribution is 2.28. The van der Waals surface area contributed by atoms with Crippen molar-refractivity contribution in [2.75, 3.05) is 18.0 Å². The van der Waals surface area contributed by atoms with Gasteiger partial charge in [0.2, 0.25) is 5.91 Å². The molecule has 4 heteroatoms. The van der Waals surface area contributed by atoms with Crippen molar-refractivity contribution in [3.63, 3.8) is 0 Å². The van der Waals surface area contributed by atoms with Crippen LogP contribution in [0.1, 0.15) is 48.9 Å². The molecule has 1 unspecified atom stereocenters. The number of hydrogen-bond acceptors (Lipinski definition) is 2. The van der Waals surface area contributed by atoms with Gasteiger partial charge in [-0.15, -0.1) is 11.6 Å². The molecule has 0 bridgehead atoms. The third-order valence-electron chi connectivity index (χ3n) is 5.02. The minimum absolute atomic E-state index is 0.0114. The second kappa shape index (κ2) is 9.09. The summed E-state index contributed by atoms with van der Waals surface area (Å²) in [5, 5.41) is 3.16. The molecule has 1 amide bonds. The Bertz CT molecular complexity index is 723. The van der Waals surface area contributed by atoms with Crippen molar-refractivity contribution in [3.8, 4) is 0 Å². The Morgan fingerprint density at radius 1 is 1.04 bits per heavy atom. The van der Waals surface area contributed by atoms with Gasteiger partial charge in [0.15, 0.2) is 0 Å². The Hall–Kier alpha value is -2.00. The molecule has 0 saturated carbocycles. The van der Waals surface area contributed by atoms with Crippen molar-refractivity contribution < 1.29 is 4.79 Å². The predicted octanol–water partition coefficient (Wildman–Crippen LogP) is 4.84. The molecule has 1 saturated heterocycles. The molecule has 1 atom stereocenters.